The Morgan fingerprint density at radius 2 is 2.07 bits per heavy atom. The molecule has 1 aliphatic heterocycles. The zero-order valence-electron chi connectivity index (χ0n) is 16.8. The Morgan fingerprint density at radius 1 is 1.32 bits per heavy atom. The minimum atomic E-state index is -1.15. The second-order valence-electron chi connectivity index (χ2n) is 8.39. The fourth-order valence-corrected chi connectivity index (χ4v) is 3.86. The number of nitrogens with one attached hydrogen (secondary N) is 1. The number of nitrogens with zero attached hydrogens (tertiary/aromatic N) is 1. The van der Waals surface area contributed by atoms with E-state index in [1.165, 1.54) is 12.1 Å². The van der Waals surface area contributed by atoms with Gasteiger partial charge in [-0.2, -0.15) is 0 Å². The van der Waals surface area contributed by atoms with Crippen molar-refractivity contribution < 1.29 is 23.4 Å². The first-order valence-corrected chi connectivity index (χ1v) is 13.4. The Kier molecular flexibility index (Phi) is 6.74. The molecule has 1 aliphatic rings. The molecule has 0 spiro atoms. The lowest BCUT2D eigenvalue weighted by molar-refractivity contribution is 0.0778. The third-order valence-corrected chi connectivity index (χ3v) is 6.49. The van der Waals surface area contributed by atoms with Gasteiger partial charge in [0.25, 0.3) is 0 Å². The van der Waals surface area contributed by atoms with Gasteiger partial charge in [-0.25, -0.2) is 9.18 Å². The van der Waals surface area contributed by atoms with Crippen LogP contribution >= 0.6 is 0 Å². The van der Waals surface area contributed by atoms with Crippen LogP contribution in [0.5, 0.6) is 5.75 Å². The van der Waals surface area contributed by atoms with Crippen molar-refractivity contribution in [2.24, 2.45) is 0 Å². The number of hydrogen-bond donors (Lipinski definition) is 1. The summed E-state index contributed by atoms with van der Waals surface area (Å²) >= 11 is 0. The lowest BCUT2D eigenvalue weighted by atomic mass is 10.1. The van der Waals surface area contributed by atoms with Crippen LogP contribution in [0.1, 0.15) is 12.8 Å². The maximum absolute atomic E-state index is 14.1. The zero-order valence-corrected chi connectivity index (χ0v) is 17.8. The number of aromatic nitrogens is 1. The fourth-order valence-electron chi connectivity index (χ4n) is 3.11. The van der Waals surface area contributed by atoms with Gasteiger partial charge in [-0.05, 0) is 31.0 Å². The molecule has 0 saturated carbocycles. The first-order valence-electron chi connectivity index (χ1n) is 9.74. The molecule has 6 nitrogen and oxygen atoms in total. The molecule has 0 aliphatic carbocycles. The minimum absolute atomic E-state index is 0.0228. The molecule has 154 valence electrons. The number of hydrogen-bond acceptors (Lipinski definition) is 4. The van der Waals surface area contributed by atoms with Crippen LogP contribution in [-0.4, -0.2) is 44.6 Å². The van der Waals surface area contributed by atoms with E-state index in [0.29, 0.717) is 37.5 Å². The lowest BCUT2D eigenvalue weighted by Crippen LogP contribution is -2.40. The summed E-state index contributed by atoms with van der Waals surface area (Å²) < 4.78 is 32.4. The van der Waals surface area contributed by atoms with Crippen molar-refractivity contribution in [2.45, 2.75) is 51.3 Å². The van der Waals surface area contributed by atoms with E-state index >= 15 is 0 Å². The summed E-state index contributed by atoms with van der Waals surface area (Å²) in [6.07, 6.45) is 2.75. The van der Waals surface area contributed by atoms with Crippen molar-refractivity contribution in [1.29, 1.82) is 0 Å². The molecule has 1 saturated heterocycles. The molecule has 0 atom stereocenters. The Morgan fingerprint density at radius 3 is 2.79 bits per heavy atom. The second kappa shape index (κ2) is 9.06. The van der Waals surface area contributed by atoms with E-state index in [1.807, 2.05) is 16.8 Å². The molecular formula is C20H29FN2O4Si. The highest BCUT2D eigenvalue weighted by atomic mass is 28.3. The molecular weight excluding hydrogens is 379 g/mol. The molecule has 1 amide bonds. The third-order valence-electron chi connectivity index (χ3n) is 4.79. The van der Waals surface area contributed by atoms with Crippen LogP contribution in [0.25, 0.3) is 10.9 Å². The molecule has 2 heterocycles. The van der Waals surface area contributed by atoms with Crippen molar-refractivity contribution in [2.75, 3.05) is 19.8 Å². The number of benzene rings is 1. The Hall–Kier alpha value is -1.90. The topological polar surface area (TPSA) is 61.7 Å². The van der Waals surface area contributed by atoms with Gasteiger partial charge in [0.2, 0.25) is 0 Å². The number of carbonyl (C=O) groups is 1. The van der Waals surface area contributed by atoms with Gasteiger partial charge in [0.15, 0.2) is 0 Å². The Bertz CT molecular complexity index is 812. The molecule has 0 radical (unpaired) electrons. The largest absolute Gasteiger partial charge is 0.412 e. The van der Waals surface area contributed by atoms with Gasteiger partial charge in [-0.3, -0.25) is 0 Å². The van der Waals surface area contributed by atoms with Crippen molar-refractivity contribution >= 4 is 25.1 Å². The number of ether oxygens (including phenoxy) is 3. The summed E-state index contributed by atoms with van der Waals surface area (Å²) in [6.45, 7) is 9.15. The fraction of sp³-hybridized carbons (Fsp3) is 0.550. The molecule has 1 aromatic heterocycles. The SMILES string of the molecule is C[Si](C)(C)CCOCn1ccc2c(OC(=O)NC3CCOCC3)cc(F)cc21. The number of amides is 1. The highest BCUT2D eigenvalue weighted by Crippen LogP contribution is 2.28. The van der Waals surface area contributed by atoms with Crippen LogP contribution in [0.4, 0.5) is 9.18 Å². The quantitative estimate of drug-likeness (QED) is 0.546. The van der Waals surface area contributed by atoms with Gasteiger partial charge < -0.3 is 24.1 Å². The maximum Gasteiger partial charge on any atom is 0.412 e. The van der Waals surface area contributed by atoms with Crippen molar-refractivity contribution in [3.05, 3.63) is 30.2 Å². The molecule has 0 bridgehead atoms. The summed E-state index contributed by atoms with van der Waals surface area (Å²) in [5.74, 6) is -0.246. The molecule has 28 heavy (non-hydrogen) atoms. The smallest absolute Gasteiger partial charge is 0.410 e. The average molecular weight is 409 g/mol. The van der Waals surface area contributed by atoms with E-state index in [2.05, 4.69) is 25.0 Å². The summed E-state index contributed by atoms with van der Waals surface area (Å²) in [6, 6.07) is 5.58. The van der Waals surface area contributed by atoms with Crippen molar-refractivity contribution in [3.63, 3.8) is 0 Å². The minimum Gasteiger partial charge on any atom is -0.410 e. The van der Waals surface area contributed by atoms with E-state index in [0.717, 1.165) is 18.9 Å². The number of carbonyl (C=O) groups excluding carboxylic acids is 1. The molecule has 2 aromatic rings. The normalized spacial score (nSPS) is 15.7. The van der Waals surface area contributed by atoms with Crippen LogP contribution in [0.3, 0.4) is 0 Å². The van der Waals surface area contributed by atoms with Crippen LogP contribution in [-0.2, 0) is 16.2 Å². The van der Waals surface area contributed by atoms with Gasteiger partial charge in [0.05, 0.1) is 5.52 Å². The van der Waals surface area contributed by atoms with E-state index in [-0.39, 0.29) is 11.8 Å². The molecule has 1 N–H and O–H groups in total. The third kappa shape index (κ3) is 5.80. The monoisotopic (exact) mass is 408 g/mol. The molecule has 8 heteroatoms. The lowest BCUT2D eigenvalue weighted by Gasteiger charge is -2.22. The molecule has 1 fully saturated rings. The average Bonchev–Trinajstić information content (AvgIpc) is 3.01. The predicted molar refractivity (Wildman–Crippen MR) is 109 cm³/mol. The summed E-state index contributed by atoms with van der Waals surface area (Å²) in [7, 11) is -1.15. The van der Waals surface area contributed by atoms with Gasteiger partial charge >= 0.3 is 6.09 Å². The van der Waals surface area contributed by atoms with Crippen LogP contribution in [0.15, 0.2) is 24.4 Å². The van der Waals surface area contributed by atoms with Crippen LogP contribution in [0.2, 0.25) is 25.7 Å². The zero-order chi connectivity index (χ0) is 20.1. The van der Waals surface area contributed by atoms with Crippen LogP contribution < -0.4 is 10.1 Å². The van der Waals surface area contributed by atoms with Gasteiger partial charge in [0, 0.05) is 51.6 Å². The highest BCUT2D eigenvalue weighted by Gasteiger charge is 2.19. The standard InChI is InChI=1S/C20H29FN2O4Si/c1-28(2,3)11-10-26-14-23-7-4-17-18(23)12-15(21)13-19(17)27-20(24)22-16-5-8-25-9-6-16/h4,7,12-13,16H,5-6,8-11,14H2,1-3H3,(H,22,24). The Labute approximate surface area is 166 Å². The van der Waals surface area contributed by atoms with Crippen molar-refractivity contribution in [3.8, 4) is 5.75 Å². The van der Waals surface area contributed by atoms with Gasteiger partial charge in [-0.15, -0.1) is 0 Å². The number of halogens is 1. The first kappa shape index (κ1) is 20.8. The van der Waals surface area contributed by atoms with E-state index in [4.69, 9.17) is 14.2 Å². The predicted octanol–water partition coefficient (Wildman–Crippen LogP) is 4.36. The summed E-state index contributed by atoms with van der Waals surface area (Å²) in [4.78, 5) is 12.2. The van der Waals surface area contributed by atoms with Gasteiger partial charge in [-0.1, -0.05) is 19.6 Å². The summed E-state index contributed by atoms with van der Waals surface area (Å²) in [5, 5.41) is 3.50. The summed E-state index contributed by atoms with van der Waals surface area (Å²) in [5.41, 5.74) is 0.641. The van der Waals surface area contributed by atoms with E-state index < -0.39 is 20.0 Å². The highest BCUT2D eigenvalue weighted by molar-refractivity contribution is 6.76. The van der Waals surface area contributed by atoms with Crippen LogP contribution in [0, 0.1) is 5.82 Å². The maximum atomic E-state index is 14.1. The number of rotatable bonds is 7. The Balaban J connectivity index is 1.66. The van der Waals surface area contributed by atoms with Crippen molar-refractivity contribution in [1.82, 2.24) is 9.88 Å². The van der Waals surface area contributed by atoms with Gasteiger partial charge in [0.1, 0.15) is 18.3 Å². The number of fused-ring (bicyclic) bond motifs is 1. The molecule has 1 aromatic carbocycles. The second-order valence-corrected chi connectivity index (χ2v) is 14.0. The van der Waals surface area contributed by atoms with E-state index in [9.17, 15) is 9.18 Å². The van der Waals surface area contributed by atoms with E-state index in [1.54, 1.807) is 0 Å². The first-order chi connectivity index (χ1) is 13.3. The molecule has 0 unspecified atom stereocenters. The molecule has 3 rings (SSSR count).